The van der Waals surface area contributed by atoms with Crippen LogP contribution in [0.2, 0.25) is 0 Å². The van der Waals surface area contributed by atoms with E-state index in [0.717, 1.165) is 17.1 Å². The predicted octanol–water partition coefficient (Wildman–Crippen LogP) is 3.52. The van der Waals surface area contributed by atoms with Gasteiger partial charge in [-0.05, 0) is 31.2 Å². The molecule has 0 saturated carbocycles. The lowest BCUT2D eigenvalue weighted by molar-refractivity contribution is 0.0696. The number of pyridine rings is 2. The van der Waals surface area contributed by atoms with Crippen molar-refractivity contribution in [2.24, 2.45) is 0 Å². The highest BCUT2D eigenvalue weighted by Crippen LogP contribution is 2.24. The molecule has 0 bridgehead atoms. The molecule has 110 valence electrons. The molecule has 21 heavy (non-hydrogen) atoms. The molecule has 0 atom stereocenters. The van der Waals surface area contributed by atoms with Crippen molar-refractivity contribution in [1.29, 1.82) is 0 Å². The minimum absolute atomic E-state index is 0.220. The number of rotatable bonds is 3. The standard InChI is InChI=1S/C16H19N3O2/c1-10-5-6-12(9-17-10)18-14-8-11(15(20)21)7-13(19-14)16(2,3)4/h5-9H,1-4H3,(H,18,19)(H,20,21). The van der Waals surface area contributed by atoms with Crippen LogP contribution >= 0.6 is 0 Å². The molecule has 0 saturated heterocycles. The minimum Gasteiger partial charge on any atom is -0.478 e. The van der Waals surface area contributed by atoms with Crippen LogP contribution in [0, 0.1) is 6.92 Å². The van der Waals surface area contributed by atoms with Gasteiger partial charge >= 0.3 is 5.97 Å². The molecule has 2 aromatic rings. The van der Waals surface area contributed by atoms with Crippen LogP contribution in [0.1, 0.15) is 42.5 Å². The maximum atomic E-state index is 11.3. The van der Waals surface area contributed by atoms with Crippen molar-refractivity contribution in [2.45, 2.75) is 33.1 Å². The van der Waals surface area contributed by atoms with Crippen LogP contribution in [0.25, 0.3) is 0 Å². The van der Waals surface area contributed by atoms with E-state index >= 15 is 0 Å². The maximum absolute atomic E-state index is 11.3. The molecule has 0 spiro atoms. The molecule has 2 N–H and O–H groups in total. The molecule has 5 nitrogen and oxygen atoms in total. The minimum atomic E-state index is -0.965. The fourth-order valence-corrected chi connectivity index (χ4v) is 1.79. The molecule has 0 fully saturated rings. The Labute approximate surface area is 124 Å². The molecule has 0 aromatic carbocycles. The van der Waals surface area contributed by atoms with Crippen molar-refractivity contribution < 1.29 is 9.90 Å². The van der Waals surface area contributed by atoms with Gasteiger partial charge in [0.25, 0.3) is 0 Å². The van der Waals surface area contributed by atoms with Crippen molar-refractivity contribution in [3.63, 3.8) is 0 Å². The summed E-state index contributed by atoms with van der Waals surface area (Å²) in [5.74, 6) is -0.460. The van der Waals surface area contributed by atoms with E-state index in [-0.39, 0.29) is 11.0 Å². The molecule has 2 heterocycles. The average molecular weight is 285 g/mol. The first kappa shape index (κ1) is 15.0. The van der Waals surface area contributed by atoms with E-state index in [9.17, 15) is 9.90 Å². The van der Waals surface area contributed by atoms with Crippen molar-refractivity contribution in [1.82, 2.24) is 9.97 Å². The van der Waals surface area contributed by atoms with E-state index in [0.29, 0.717) is 5.82 Å². The average Bonchev–Trinajstić information content (AvgIpc) is 2.40. The molecule has 0 amide bonds. The third-order valence-electron chi connectivity index (χ3n) is 3.02. The Kier molecular flexibility index (Phi) is 3.93. The van der Waals surface area contributed by atoms with Gasteiger partial charge in [0.1, 0.15) is 5.82 Å². The van der Waals surface area contributed by atoms with E-state index in [1.54, 1.807) is 12.3 Å². The monoisotopic (exact) mass is 285 g/mol. The second-order valence-corrected chi connectivity index (χ2v) is 5.99. The van der Waals surface area contributed by atoms with Gasteiger partial charge in [0, 0.05) is 16.8 Å². The Balaban J connectivity index is 2.40. The summed E-state index contributed by atoms with van der Waals surface area (Å²) in [7, 11) is 0. The molecule has 2 aromatic heterocycles. The second-order valence-electron chi connectivity index (χ2n) is 5.99. The molecule has 0 aliphatic heterocycles. The Morgan fingerprint density at radius 1 is 1.24 bits per heavy atom. The molecule has 2 rings (SSSR count). The zero-order chi connectivity index (χ0) is 15.6. The third-order valence-corrected chi connectivity index (χ3v) is 3.02. The number of hydrogen-bond acceptors (Lipinski definition) is 4. The van der Waals surface area contributed by atoms with Gasteiger partial charge < -0.3 is 10.4 Å². The predicted molar refractivity (Wildman–Crippen MR) is 82.2 cm³/mol. The zero-order valence-corrected chi connectivity index (χ0v) is 12.6. The van der Waals surface area contributed by atoms with Crippen LogP contribution < -0.4 is 5.32 Å². The van der Waals surface area contributed by atoms with Crippen molar-refractivity contribution in [3.8, 4) is 0 Å². The lowest BCUT2D eigenvalue weighted by atomic mass is 9.91. The molecular weight excluding hydrogens is 266 g/mol. The highest BCUT2D eigenvalue weighted by atomic mass is 16.4. The highest BCUT2D eigenvalue weighted by molar-refractivity contribution is 5.89. The first-order chi connectivity index (χ1) is 9.75. The van der Waals surface area contributed by atoms with Gasteiger partial charge in [-0.2, -0.15) is 0 Å². The summed E-state index contributed by atoms with van der Waals surface area (Å²) in [5.41, 5.74) is 2.41. The summed E-state index contributed by atoms with van der Waals surface area (Å²) < 4.78 is 0. The number of carboxylic acids is 1. The fraction of sp³-hybridized carbons (Fsp3) is 0.312. The van der Waals surface area contributed by atoms with Crippen molar-refractivity contribution in [3.05, 3.63) is 47.4 Å². The maximum Gasteiger partial charge on any atom is 0.335 e. The summed E-state index contributed by atoms with van der Waals surface area (Å²) >= 11 is 0. The number of anilines is 2. The Bertz CT molecular complexity index is 658. The molecule has 0 aliphatic carbocycles. The van der Waals surface area contributed by atoms with Crippen LogP contribution in [-0.2, 0) is 5.41 Å². The first-order valence-electron chi connectivity index (χ1n) is 6.71. The highest BCUT2D eigenvalue weighted by Gasteiger charge is 2.19. The van der Waals surface area contributed by atoms with Crippen LogP contribution in [-0.4, -0.2) is 21.0 Å². The SMILES string of the molecule is Cc1ccc(Nc2cc(C(=O)O)cc(C(C)(C)C)n2)cn1. The van der Waals surface area contributed by atoms with Gasteiger partial charge in [-0.15, -0.1) is 0 Å². The number of aromatic nitrogens is 2. The van der Waals surface area contributed by atoms with Gasteiger partial charge in [0.05, 0.1) is 17.4 Å². The molecule has 0 aliphatic rings. The summed E-state index contributed by atoms with van der Waals surface area (Å²) in [5, 5.41) is 12.3. The summed E-state index contributed by atoms with van der Waals surface area (Å²) in [6, 6.07) is 6.90. The van der Waals surface area contributed by atoms with Gasteiger partial charge in [-0.3, -0.25) is 4.98 Å². The fourth-order valence-electron chi connectivity index (χ4n) is 1.79. The number of aromatic carboxylic acids is 1. The Morgan fingerprint density at radius 3 is 2.48 bits per heavy atom. The zero-order valence-electron chi connectivity index (χ0n) is 12.6. The van der Waals surface area contributed by atoms with E-state index in [2.05, 4.69) is 15.3 Å². The van der Waals surface area contributed by atoms with Crippen molar-refractivity contribution in [2.75, 3.05) is 5.32 Å². The van der Waals surface area contributed by atoms with Gasteiger partial charge in [0.15, 0.2) is 0 Å². The summed E-state index contributed by atoms with van der Waals surface area (Å²) in [4.78, 5) is 20.0. The van der Waals surface area contributed by atoms with Crippen LogP contribution in [0.15, 0.2) is 30.5 Å². The van der Waals surface area contributed by atoms with Crippen LogP contribution in [0.3, 0.4) is 0 Å². The second kappa shape index (κ2) is 5.52. The first-order valence-corrected chi connectivity index (χ1v) is 6.71. The summed E-state index contributed by atoms with van der Waals surface area (Å²) in [6.45, 7) is 7.90. The molecule has 0 unspecified atom stereocenters. The number of carbonyl (C=O) groups is 1. The Hall–Kier alpha value is -2.43. The topological polar surface area (TPSA) is 75.1 Å². The quantitative estimate of drug-likeness (QED) is 0.902. The molecule has 0 radical (unpaired) electrons. The number of nitrogens with one attached hydrogen (secondary N) is 1. The number of nitrogens with zero attached hydrogens (tertiary/aromatic N) is 2. The van der Waals surface area contributed by atoms with Crippen LogP contribution in [0.4, 0.5) is 11.5 Å². The molecular formula is C16H19N3O2. The van der Waals surface area contributed by atoms with Gasteiger partial charge in [0.2, 0.25) is 0 Å². The smallest absolute Gasteiger partial charge is 0.335 e. The van der Waals surface area contributed by atoms with Gasteiger partial charge in [-0.1, -0.05) is 20.8 Å². The number of carboxylic acid groups (broad SMARTS) is 1. The Morgan fingerprint density at radius 2 is 1.95 bits per heavy atom. The van der Waals surface area contributed by atoms with E-state index in [1.165, 1.54) is 6.07 Å². The van der Waals surface area contributed by atoms with Crippen molar-refractivity contribution >= 4 is 17.5 Å². The van der Waals surface area contributed by atoms with E-state index in [1.807, 2.05) is 39.8 Å². The number of aryl methyl sites for hydroxylation is 1. The molecule has 5 heteroatoms. The summed E-state index contributed by atoms with van der Waals surface area (Å²) in [6.07, 6.45) is 1.70. The lowest BCUT2D eigenvalue weighted by Gasteiger charge is -2.19. The number of hydrogen-bond donors (Lipinski definition) is 2. The van der Waals surface area contributed by atoms with Crippen LogP contribution in [0.5, 0.6) is 0 Å². The van der Waals surface area contributed by atoms with E-state index < -0.39 is 5.97 Å². The largest absolute Gasteiger partial charge is 0.478 e. The normalized spacial score (nSPS) is 11.2. The van der Waals surface area contributed by atoms with E-state index in [4.69, 9.17) is 0 Å². The lowest BCUT2D eigenvalue weighted by Crippen LogP contribution is -2.16. The van der Waals surface area contributed by atoms with Gasteiger partial charge in [-0.25, -0.2) is 9.78 Å². The third kappa shape index (κ3) is 3.78.